The first-order valence-electron chi connectivity index (χ1n) is 5.17. The van der Waals surface area contributed by atoms with Gasteiger partial charge in [-0.15, -0.1) is 11.3 Å². The van der Waals surface area contributed by atoms with Crippen molar-refractivity contribution in [2.75, 3.05) is 19.3 Å². The third kappa shape index (κ3) is 6.13. The zero-order chi connectivity index (χ0) is 14.5. The summed E-state index contributed by atoms with van der Waals surface area (Å²) in [6.45, 7) is 0.286. The van der Waals surface area contributed by atoms with Crippen molar-refractivity contribution in [1.29, 1.82) is 0 Å². The maximum atomic E-state index is 11.9. The molecule has 0 radical (unpaired) electrons. The Morgan fingerprint density at radius 3 is 2.68 bits per heavy atom. The lowest BCUT2D eigenvalue weighted by Crippen LogP contribution is -2.26. The van der Waals surface area contributed by atoms with E-state index in [1.54, 1.807) is 7.05 Å². The monoisotopic (exact) mass is 334 g/mol. The normalized spacial score (nSPS) is 12.8. The fraction of sp³-hybridized carbons (Fsp3) is 0.556. The summed E-state index contributed by atoms with van der Waals surface area (Å²) in [5.74, 6) is -0.351. The summed E-state index contributed by atoms with van der Waals surface area (Å²) in [6.07, 6.45) is 0. The number of halogens is 3. The molecule has 4 nitrogen and oxygen atoms in total. The second kappa shape index (κ2) is 6.93. The van der Waals surface area contributed by atoms with Crippen LogP contribution in [0.25, 0.3) is 0 Å². The molecular formula is C9H13F3N2O2S3. The van der Waals surface area contributed by atoms with E-state index in [0.717, 1.165) is 4.88 Å². The molecule has 0 spiro atoms. The van der Waals surface area contributed by atoms with Crippen LogP contribution in [0.15, 0.2) is 16.3 Å². The molecule has 1 heterocycles. The molecule has 1 rings (SSSR count). The Bertz CT molecular complexity index is 499. The summed E-state index contributed by atoms with van der Waals surface area (Å²) in [5.41, 5.74) is -4.34. The second-order valence-corrected chi connectivity index (χ2v) is 7.39. The molecule has 10 heteroatoms. The highest BCUT2D eigenvalue weighted by Crippen LogP contribution is 2.29. The maximum Gasteiger partial charge on any atom is 0.441 e. The van der Waals surface area contributed by atoms with Crippen molar-refractivity contribution >= 4 is 33.1 Å². The van der Waals surface area contributed by atoms with Gasteiger partial charge >= 0.3 is 5.51 Å². The van der Waals surface area contributed by atoms with Crippen molar-refractivity contribution in [2.45, 2.75) is 16.9 Å². The van der Waals surface area contributed by atoms with E-state index in [-0.39, 0.29) is 29.0 Å². The summed E-state index contributed by atoms with van der Waals surface area (Å²) < 4.78 is 61.3. The lowest BCUT2D eigenvalue weighted by atomic mass is 10.5. The minimum absolute atomic E-state index is 0.0831. The molecule has 110 valence electrons. The van der Waals surface area contributed by atoms with Crippen LogP contribution in [0.2, 0.25) is 0 Å². The minimum atomic E-state index is -4.34. The topological polar surface area (TPSA) is 58.2 Å². The van der Waals surface area contributed by atoms with Gasteiger partial charge in [-0.1, -0.05) is 0 Å². The Hall–Kier alpha value is -0.290. The molecule has 0 aromatic carbocycles. The molecule has 1 aromatic heterocycles. The first kappa shape index (κ1) is 16.8. The number of hydrogen-bond acceptors (Lipinski definition) is 5. The van der Waals surface area contributed by atoms with Crippen LogP contribution < -0.4 is 10.0 Å². The van der Waals surface area contributed by atoms with Gasteiger partial charge in [0.15, 0.2) is 0 Å². The Kier molecular flexibility index (Phi) is 6.12. The van der Waals surface area contributed by atoms with Gasteiger partial charge < -0.3 is 5.32 Å². The molecule has 0 aliphatic heterocycles. The van der Waals surface area contributed by atoms with Crippen molar-refractivity contribution in [3.05, 3.63) is 16.3 Å². The fourth-order valence-corrected chi connectivity index (χ4v) is 4.08. The van der Waals surface area contributed by atoms with Crippen molar-refractivity contribution in [3.63, 3.8) is 0 Å². The van der Waals surface area contributed by atoms with Crippen LogP contribution in [-0.2, 0) is 16.6 Å². The van der Waals surface area contributed by atoms with Crippen LogP contribution in [0.1, 0.15) is 4.88 Å². The van der Waals surface area contributed by atoms with E-state index in [0.29, 0.717) is 6.54 Å². The number of rotatable bonds is 7. The maximum absolute atomic E-state index is 11.9. The van der Waals surface area contributed by atoms with E-state index in [9.17, 15) is 21.6 Å². The Morgan fingerprint density at radius 1 is 1.42 bits per heavy atom. The van der Waals surface area contributed by atoms with Crippen LogP contribution in [0, 0.1) is 0 Å². The van der Waals surface area contributed by atoms with Crippen molar-refractivity contribution in [3.8, 4) is 0 Å². The number of hydrogen-bond donors (Lipinski definition) is 2. The SMILES string of the molecule is CNCc1cc(S(=O)(=O)NCCSC(F)(F)F)cs1. The highest BCUT2D eigenvalue weighted by Gasteiger charge is 2.27. The van der Waals surface area contributed by atoms with Crippen molar-refractivity contribution in [2.24, 2.45) is 0 Å². The Balaban J connectivity index is 2.51. The molecule has 0 amide bonds. The van der Waals surface area contributed by atoms with Gasteiger partial charge in [-0.05, 0) is 24.9 Å². The van der Waals surface area contributed by atoms with Crippen molar-refractivity contribution in [1.82, 2.24) is 10.0 Å². The predicted octanol–water partition coefficient (Wildman–Crippen LogP) is 2.00. The first-order chi connectivity index (χ1) is 8.74. The van der Waals surface area contributed by atoms with Gasteiger partial charge in [-0.25, -0.2) is 13.1 Å². The molecule has 0 aliphatic carbocycles. The molecule has 0 aliphatic rings. The number of thiophene rings is 1. The van der Waals surface area contributed by atoms with E-state index < -0.39 is 15.5 Å². The summed E-state index contributed by atoms with van der Waals surface area (Å²) in [6, 6.07) is 1.50. The predicted molar refractivity (Wildman–Crippen MR) is 70.8 cm³/mol. The molecular weight excluding hydrogens is 321 g/mol. The molecule has 0 bridgehead atoms. The third-order valence-electron chi connectivity index (χ3n) is 1.95. The smallest absolute Gasteiger partial charge is 0.315 e. The summed E-state index contributed by atoms with van der Waals surface area (Å²) in [5, 5.41) is 4.35. The van der Waals surface area contributed by atoms with Gasteiger partial charge in [-0.3, -0.25) is 0 Å². The largest absolute Gasteiger partial charge is 0.441 e. The zero-order valence-corrected chi connectivity index (χ0v) is 12.4. The average Bonchev–Trinajstić information content (AvgIpc) is 2.73. The summed E-state index contributed by atoms with van der Waals surface area (Å²) in [7, 11) is -1.99. The van der Waals surface area contributed by atoms with Gasteiger partial charge in [0.05, 0.1) is 4.90 Å². The van der Waals surface area contributed by atoms with E-state index in [1.165, 1.54) is 22.8 Å². The quantitative estimate of drug-likeness (QED) is 0.749. The number of alkyl halides is 3. The molecule has 0 saturated heterocycles. The highest BCUT2D eigenvalue weighted by molar-refractivity contribution is 8.00. The first-order valence-corrected chi connectivity index (χ1v) is 8.52. The molecule has 0 fully saturated rings. The minimum Gasteiger partial charge on any atom is -0.315 e. The zero-order valence-electron chi connectivity index (χ0n) is 9.95. The van der Waals surface area contributed by atoms with E-state index in [1.807, 2.05) is 0 Å². The molecule has 2 N–H and O–H groups in total. The van der Waals surface area contributed by atoms with Gasteiger partial charge in [0.2, 0.25) is 10.0 Å². The molecule has 0 unspecified atom stereocenters. The Morgan fingerprint density at radius 2 is 2.11 bits per heavy atom. The summed E-state index contributed by atoms with van der Waals surface area (Å²) >= 11 is 1.03. The van der Waals surface area contributed by atoms with Crippen LogP contribution in [0.3, 0.4) is 0 Å². The average molecular weight is 334 g/mol. The molecule has 0 atom stereocenters. The molecule has 1 aromatic rings. The van der Waals surface area contributed by atoms with Gasteiger partial charge in [0.25, 0.3) is 0 Å². The standard InChI is InChI=1S/C9H13F3N2O2S3/c1-13-5-7-4-8(6-17-7)19(15,16)14-2-3-18-9(10,11)12/h4,6,13-14H,2-3,5H2,1H3. The second-order valence-electron chi connectivity index (χ2n) is 3.47. The highest BCUT2D eigenvalue weighted by atomic mass is 32.2. The van der Waals surface area contributed by atoms with Gasteiger partial charge in [0, 0.05) is 29.1 Å². The van der Waals surface area contributed by atoms with Crippen molar-refractivity contribution < 1.29 is 21.6 Å². The molecule has 19 heavy (non-hydrogen) atoms. The number of thioether (sulfide) groups is 1. The third-order valence-corrected chi connectivity index (χ3v) is 5.21. The lowest BCUT2D eigenvalue weighted by Gasteiger charge is -2.06. The van der Waals surface area contributed by atoms with E-state index in [2.05, 4.69) is 10.0 Å². The molecule has 0 saturated carbocycles. The van der Waals surface area contributed by atoms with Crippen LogP contribution in [0.4, 0.5) is 13.2 Å². The van der Waals surface area contributed by atoms with Gasteiger partial charge in [-0.2, -0.15) is 13.2 Å². The Labute approximate surface area is 117 Å². The number of nitrogens with one attached hydrogen (secondary N) is 2. The lowest BCUT2D eigenvalue weighted by molar-refractivity contribution is -0.0327. The fourth-order valence-electron chi connectivity index (χ4n) is 1.19. The summed E-state index contributed by atoms with van der Waals surface area (Å²) in [4.78, 5) is 0.923. The van der Waals surface area contributed by atoms with E-state index in [4.69, 9.17) is 0 Å². The van der Waals surface area contributed by atoms with Gasteiger partial charge in [0.1, 0.15) is 0 Å². The number of sulfonamides is 1. The van der Waals surface area contributed by atoms with Crippen LogP contribution >= 0.6 is 23.1 Å². The van der Waals surface area contributed by atoms with E-state index >= 15 is 0 Å². The van der Waals surface area contributed by atoms with Crippen LogP contribution in [0.5, 0.6) is 0 Å². The van der Waals surface area contributed by atoms with Crippen LogP contribution in [-0.4, -0.2) is 33.3 Å².